The Morgan fingerprint density at radius 1 is 0.467 bits per heavy atom. The van der Waals surface area contributed by atoms with Crippen molar-refractivity contribution in [2.24, 2.45) is 0 Å². The molecule has 60 heavy (non-hydrogen) atoms. The van der Waals surface area contributed by atoms with E-state index in [1.165, 1.54) is 120 Å². The smallest absolute Gasteiger partial charge is 0.252 e. The van der Waals surface area contributed by atoms with E-state index in [1.54, 1.807) is 0 Å². The largest absolute Gasteiger partial charge is 0.311 e. The van der Waals surface area contributed by atoms with Gasteiger partial charge in [-0.25, -0.2) is 0 Å². The molecule has 0 aliphatic carbocycles. The molecule has 0 amide bonds. The molecule has 0 saturated carbocycles. The summed E-state index contributed by atoms with van der Waals surface area (Å²) >= 11 is 3.75. The molecule has 298 valence electrons. The summed E-state index contributed by atoms with van der Waals surface area (Å²) < 4.78 is 5.34. The van der Waals surface area contributed by atoms with Crippen LogP contribution in [0.15, 0.2) is 95.7 Å². The third-order valence-electron chi connectivity index (χ3n) is 14.0. The van der Waals surface area contributed by atoms with E-state index in [9.17, 15) is 0 Å². The standard InChI is InChI=1S/C54H52BN3S2/c1-51(2,3)29-13-17-33(18-14-29)56-41-20-16-31(53(7,8)9)27-38(41)55-39-28-32(54(10,11)12)26-37-36-25-30(52(4,5)6)15-19-40(36)57(45(37)39)48-43-35-22-24-60-50(35)58-46(43)42(47(56)44(48)55)34-21-23-59-49(34)58/h13-28H,1-12H3. The van der Waals surface area contributed by atoms with Crippen LogP contribution in [0, 0.1) is 0 Å². The molecule has 6 heteroatoms. The molecule has 0 spiro atoms. The molecule has 10 aromatic rings. The van der Waals surface area contributed by atoms with Gasteiger partial charge in [0.05, 0.1) is 22.4 Å². The van der Waals surface area contributed by atoms with Crippen molar-refractivity contribution in [2.75, 3.05) is 4.90 Å². The zero-order chi connectivity index (χ0) is 41.7. The van der Waals surface area contributed by atoms with Gasteiger partial charge in [0.1, 0.15) is 9.66 Å². The van der Waals surface area contributed by atoms with Crippen LogP contribution in [0.4, 0.5) is 17.1 Å². The first-order valence-electron chi connectivity index (χ1n) is 21.7. The van der Waals surface area contributed by atoms with E-state index in [0.717, 1.165) is 0 Å². The minimum absolute atomic E-state index is 0.0174. The second kappa shape index (κ2) is 11.5. The number of anilines is 3. The van der Waals surface area contributed by atoms with Gasteiger partial charge < -0.3 is 9.47 Å². The quantitative estimate of drug-likeness (QED) is 0.150. The van der Waals surface area contributed by atoms with E-state index < -0.39 is 0 Å². The molecule has 7 heterocycles. The fourth-order valence-corrected chi connectivity index (χ4v) is 12.7. The first-order chi connectivity index (χ1) is 28.3. The molecule has 0 atom stereocenters. The normalized spacial score (nSPS) is 14.6. The van der Waals surface area contributed by atoms with E-state index in [-0.39, 0.29) is 28.4 Å². The van der Waals surface area contributed by atoms with E-state index in [2.05, 4.69) is 193 Å². The Kier molecular flexibility index (Phi) is 7.02. The second-order valence-corrected chi connectivity index (χ2v) is 23.7. The van der Waals surface area contributed by atoms with Gasteiger partial charge in [0.15, 0.2) is 0 Å². The molecule has 5 aromatic heterocycles. The van der Waals surface area contributed by atoms with Crippen molar-refractivity contribution in [3.8, 4) is 5.69 Å². The van der Waals surface area contributed by atoms with Crippen molar-refractivity contribution < 1.29 is 0 Å². The minimum atomic E-state index is -0.0425. The van der Waals surface area contributed by atoms with Gasteiger partial charge in [-0.05, 0) is 120 Å². The third-order valence-corrected chi connectivity index (χ3v) is 15.8. The number of rotatable bonds is 1. The van der Waals surface area contributed by atoms with Crippen LogP contribution in [0.1, 0.15) is 105 Å². The van der Waals surface area contributed by atoms with Gasteiger partial charge >= 0.3 is 0 Å². The fraction of sp³-hybridized carbons (Fsp3) is 0.296. The fourth-order valence-electron chi connectivity index (χ4n) is 10.8. The lowest BCUT2D eigenvalue weighted by Crippen LogP contribution is -2.61. The molecule has 0 unspecified atom stereocenters. The summed E-state index contributed by atoms with van der Waals surface area (Å²) in [4.78, 5) is 5.34. The lowest BCUT2D eigenvalue weighted by molar-refractivity contribution is 0.590. The average molecular weight is 818 g/mol. The lowest BCUT2D eigenvalue weighted by atomic mass is 9.33. The monoisotopic (exact) mass is 817 g/mol. The molecule has 0 fully saturated rings. The first kappa shape index (κ1) is 36.8. The van der Waals surface area contributed by atoms with Crippen LogP contribution < -0.4 is 21.3 Å². The molecule has 2 aliphatic rings. The van der Waals surface area contributed by atoms with Crippen molar-refractivity contribution >= 4 is 121 Å². The van der Waals surface area contributed by atoms with Gasteiger partial charge in [-0.1, -0.05) is 119 Å². The van der Waals surface area contributed by atoms with E-state index in [1.807, 2.05) is 22.7 Å². The molecule has 5 aromatic carbocycles. The summed E-state index contributed by atoms with van der Waals surface area (Å²) in [5.41, 5.74) is 18.9. The van der Waals surface area contributed by atoms with Gasteiger partial charge in [0.25, 0.3) is 6.71 Å². The molecule has 0 radical (unpaired) electrons. The predicted octanol–water partition coefficient (Wildman–Crippen LogP) is 13.9. The van der Waals surface area contributed by atoms with Crippen LogP contribution in [0.2, 0.25) is 0 Å². The Hall–Kier alpha value is -5.04. The van der Waals surface area contributed by atoms with E-state index in [4.69, 9.17) is 0 Å². The van der Waals surface area contributed by atoms with Gasteiger partial charge in [-0.2, -0.15) is 0 Å². The maximum absolute atomic E-state index is 2.72. The summed E-state index contributed by atoms with van der Waals surface area (Å²) in [6, 6.07) is 34.2. The number of hydrogen-bond donors (Lipinski definition) is 0. The topological polar surface area (TPSA) is 12.6 Å². The number of hydrogen-bond acceptors (Lipinski definition) is 3. The van der Waals surface area contributed by atoms with Gasteiger partial charge in [-0.3, -0.25) is 4.40 Å². The van der Waals surface area contributed by atoms with E-state index >= 15 is 0 Å². The third kappa shape index (κ3) is 4.67. The van der Waals surface area contributed by atoms with Crippen LogP contribution in [0.5, 0.6) is 0 Å². The number of nitrogens with zero attached hydrogens (tertiary/aromatic N) is 3. The summed E-state index contributed by atoms with van der Waals surface area (Å²) in [7, 11) is 0. The Morgan fingerprint density at radius 3 is 1.62 bits per heavy atom. The molecule has 12 rings (SSSR count). The minimum Gasteiger partial charge on any atom is -0.311 e. The second-order valence-electron chi connectivity index (χ2n) is 21.9. The van der Waals surface area contributed by atoms with Crippen LogP contribution in [0.25, 0.3) is 64.2 Å². The van der Waals surface area contributed by atoms with Gasteiger partial charge in [0.2, 0.25) is 0 Å². The maximum atomic E-state index is 2.72. The molecule has 2 aliphatic heterocycles. The summed E-state index contributed by atoms with van der Waals surface area (Å²) in [5.74, 6) is 0. The summed E-state index contributed by atoms with van der Waals surface area (Å²) in [6.45, 7) is 28.3. The number of fused-ring (bicyclic) bond motifs is 15. The van der Waals surface area contributed by atoms with Crippen LogP contribution >= 0.6 is 22.7 Å². The van der Waals surface area contributed by atoms with Crippen molar-refractivity contribution in [2.45, 2.75) is 105 Å². The summed E-state index contributed by atoms with van der Waals surface area (Å²) in [6.07, 6.45) is 0. The Labute approximate surface area is 361 Å². The Balaban J connectivity index is 1.36. The average Bonchev–Trinajstić information content (AvgIpc) is 4.00. The highest BCUT2D eigenvalue weighted by molar-refractivity contribution is 7.19. The number of aromatic nitrogens is 2. The summed E-state index contributed by atoms with van der Waals surface area (Å²) in [5, 5.41) is 12.8. The number of benzene rings is 5. The van der Waals surface area contributed by atoms with Crippen LogP contribution in [0.3, 0.4) is 0 Å². The SMILES string of the molecule is CC(C)(C)c1ccc(N2c3ccc(C(C)(C)C)cc3B3c4c2c2c5ccsc5n5c6sccc6c(c4-n4c6ccc(C(C)(C)C)cc6c6cc(C(C)(C)C)cc3c64)c25)cc1. The Bertz CT molecular complexity index is 3470. The van der Waals surface area contributed by atoms with Gasteiger partial charge in [-0.15, -0.1) is 22.7 Å². The molecular formula is C54H52BN3S2. The van der Waals surface area contributed by atoms with Gasteiger partial charge in [0, 0.05) is 49.2 Å². The van der Waals surface area contributed by atoms with Crippen molar-refractivity contribution in [1.82, 2.24) is 8.97 Å². The van der Waals surface area contributed by atoms with Crippen LogP contribution in [-0.2, 0) is 21.7 Å². The molecule has 0 bridgehead atoms. The van der Waals surface area contributed by atoms with E-state index in [0.29, 0.717) is 0 Å². The molecule has 0 saturated heterocycles. The molecular weight excluding hydrogens is 766 g/mol. The Morgan fingerprint density at radius 2 is 1.00 bits per heavy atom. The van der Waals surface area contributed by atoms with Crippen molar-refractivity contribution in [3.63, 3.8) is 0 Å². The zero-order valence-electron chi connectivity index (χ0n) is 37.0. The molecule has 0 N–H and O–H groups in total. The first-order valence-corrected chi connectivity index (χ1v) is 23.5. The predicted molar refractivity (Wildman–Crippen MR) is 265 cm³/mol. The highest BCUT2D eigenvalue weighted by atomic mass is 32.1. The number of thiophene rings is 2. The maximum Gasteiger partial charge on any atom is 0.252 e. The lowest BCUT2D eigenvalue weighted by Gasteiger charge is -2.42. The molecule has 3 nitrogen and oxygen atoms in total. The highest BCUT2D eigenvalue weighted by Gasteiger charge is 2.46. The van der Waals surface area contributed by atoms with Crippen molar-refractivity contribution in [1.29, 1.82) is 0 Å². The zero-order valence-corrected chi connectivity index (χ0v) is 38.6. The van der Waals surface area contributed by atoms with Crippen LogP contribution in [-0.4, -0.2) is 15.7 Å². The highest BCUT2D eigenvalue weighted by Crippen LogP contribution is 2.54. The van der Waals surface area contributed by atoms with Crippen molar-refractivity contribution in [3.05, 3.63) is 118 Å².